The number of aliphatic hydroxyl groups excluding tert-OH is 1. The van der Waals surface area contributed by atoms with Gasteiger partial charge in [0.05, 0.1) is 18.7 Å². The first-order chi connectivity index (χ1) is 20.4. The number of H-pyrrole nitrogens is 1. The lowest BCUT2D eigenvalue weighted by Gasteiger charge is -2.25. The summed E-state index contributed by atoms with van der Waals surface area (Å²) in [6.07, 6.45) is 0.261. The number of aliphatic carboxylic acids is 1. The number of carbonyl (C=O) groups excluding carboxylic acids is 2. The Balaban J connectivity index is 0.000000553. The topological polar surface area (TPSA) is 214 Å². The van der Waals surface area contributed by atoms with E-state index in [1.807, 2.05) is 47.6 Å². The maximum absolute atomic E-state index is 12.4. The number of amides is 1. The Morgan fingerprint density at radius 3 is 2.35 bits per heavy atom. The van der Waals surface area contributed by atoms with Crippen molar-refractivity contribution in [1.82, 2.24) is 15.6 Å². The second kappa shape index (κ2) is 17.8. The number of carboxylic acid groups (broad SMARTS) is 1. The van der Waals surface area contributed by atoms with Gasteiger partial charge in [0.2, 0.25) is 5.76 Å². The summed E-state index contributed by atoms with van der Waals surface area (Å²) in [6.45, 7) is 3.84. The number of esters is 1. The van der Waals surface area contributed by atoms with E-state index in [1.165, 1.54) is 5.01 Å². The standard InChI is InChI=1S/C23H24ClN3O6.C6H14N2O2/c1-14(2)32-23(31)19(28)13-27(25-22(30)20-11-21(29)26-33-20)12-15-6-8-16(9-7-15)17-4-3-5-18(24)10-17;7-4-2-1-3-5(8)6(9)10/h3-11,14,19,28H,12-13H2,1-2H3,(H,25,30)(H,26,29);5H,1-4,7-8H2,(H,9,10)/t19-;5-/m10/s1. The van der Waals surface area contributed by atoms with E-state index < -0.39 is 41.7 Å². The number of halogens is 1. The molecule has 2 atom stereocenters. The number of nitrogens with zero attached hydrogens (tertiary/aromatic N) is 1. The smallest absolute Gasteiger partial charge is 0.336 e. The molecule has 1 amide bonds. The maximum Gasteiger partial charge on any atom is 0.336 e. The van der Waals surface area contributed by atoms with Crippen molar-refractivity contribution >= 4 is 29.4 Å². The van der Waals surface area contributed by atoms with Crippen LogP contribution in [0.5, 0.6) is 0 Å². The largest absolute Gasteiger partial charge is 0.480 e. The fourth-order valence-corrected chi connectivity index (χ4v) is 3.85. The summed E-state index contributed by atoms with van der Waals surface area (Å²) in [6, 6.07) is 15.2. The van der Waals surface area contributed by atoms with Crippen LogP contribution in [0, 0.1) is 0 Å². The Bertz CT molecular complexity index is 1380. The number of carbonyl (C=O) groups is 3. The van der Waals surface area contributed by atoms with Crippen LogP contribution in [0.4, 0.5) is 0 Å². The van der Waals surface area contributed by atoms with Crippen LogP contribution >= 0.6 is 11.6 Å². The molecule has 0 spiro atoms. The lowest BCUT2D eigenvalue weighted by molar-refractivity contribution is -0.158. The van der Waals surface area contributed by atoms with Crippen LogP contribution in [0.25, 0.3) is 11.1 Å². The number of unbranched alkanes of at least 4 members (excludes halogenated alkanes) is 1. The highest BCUT2D eigenvalue weighted by molar-refractivity contribution is 6.30. The minimum absolute atomic E-state index is 0.155. The van der Waals surface area contributed by atoms with E-state index in [0.29, 0.717) is 18.0 Å². The van der Waals surface area contributed by atoms with Crippen molar-refractivity contribution < 1.29 is 33.9 Å². The molecule has 1 aromatic heterocycles. The second-order valence-corrected chi connectivity index (χ2v) is 10.3. The van der Waals surface area contributed by atoms with Gasteiger partial charge < -0.3 is 30.9 Å². The van der Waals surface area contributed by atoms with E-state index in [9.17, 15) is 24.3 Å². The Morgan fingerprint density at radius 2 is 1.79 bits per heavy atom. The Morgan fingerprint density at radius 1 is 1.09 bits per heavy atom. The first-order valence-electron chi connectivity index (χ1n) is 13.6. The van der Waals surface area contributed by atoms with E-state index in [0.717, 1.165) is 35.6 Å². The number of rotatable bonds is 14. The summed E-state index contributed by atoms with van der Waals surface area (Å²) in [4.78, 5) is 45.9. The van der Waals surface area contributed by atoms with Crippen LogP contribution < -0.4 is 22.5 Å². The number of ether oxygens (including phenoxy) is 1. The number of aromatic nitrogens is 1. The molecule has 8 N–H and O–H groups in total. The number of nitrogens with two attached hydrogens (primary N) is 2. The fourth-order valence-electron chi connectivity index (χ4n) is 3.66. The average molecular weight is 620 g/mol. The molecule has 234 valence electrons. The average Bonchev–Trinajstić information content (AvgIpc) is 3.39. The zero-order chi connectivity index (χ0) is 31.9. The Hall–Kier alpha value is -4.01. The molecule has 14 heteroatoms. The van der Waals surface area contributed by atoms with Crippen molar-refractivity contribution in [3.05, 3.63) is 81.3 Å². The van der Waals surface area contributed by atoms with Gasteiger partial charge in [0.25, 0.3) is 5.56 Å². The van der Waals surface area contributed by atoms with Gasteiger partial charge >= 0.3 is 17.8 Å². The molecule has 0 saturated heterocycles. The molecule has 0 unspecified atom stereocenters. The number of hydrogen-bond donors (Lipinski definition) is 6. The number of hydrazine groups is 1. The normalized spacial score (nSPS) is 12.3. The van der Waals surface area contributed by atoms with Crippen molar-refractivity contribution in [1.29, 1.82) is 0 Å². The van der Waals surface area contributed by atoms with Crippen LogP contribution in [0.2, 0.25) is 5.02 Å². The van der Waals surface area contributed by atoms with E-state index in [4.69, 9.17) is 37.4 Å². The highest BCUT2D eigenvalue weighted by Gasteiger charge is 2.24. The molecule has 0 radical (unpaired) electrons. The highest BCUT2D eigenvalue weighted by atomic mass is 35.5. The molecular weight excluding hydrogens is 582 g/mol. The van der Waals surface area contributed by atoms with Crippen LogP contribution in [0.1, 0.15) is 49.2 Å². The first-order valence-corrected chi connectivity index (χ1v) is 13.9. The number of aromatic amines is 1. The van der Waals surface area contributed by atoms with E-state index in [-0.39, 0.29) is 18.8 Å². The van der Waals surface area contributed by atoms with E-state index >= 15 is 0 Å². The number of hydrogen-bond acceptors (Lipinski definition) is 10. The summed E-state index contributed by atoms with van der Waals surface area (Å²) < 4.78 is 9.84. The summed E-state index contributed by atoms with van der Waals surface area (Å²) in [5, 5.41) is 22.6. The highest BCUT2D eigenvalue weighted by Crippen LogP contribution is 2.23. The molecular formula is C29H38ClN5O8. The third kappa shape index (κ3) is 12.8. The predicted molar refractivity (Wildman–Crippen MR) is 160 cm³/mol. The predicted octanol–water partition coefficient (Wildman–Crippen LogP) is 2.28. The molecule has 3 rings (SSSR count). The van der Waals surface area contributed by atoms with Crippen LogP contribution in [0.3, 0.4) is 0 Å². The lowest BCUT2D eigenvalue weighted by Crippen LogP contribution is -2.47. The van der Waals surface area contributed by atoms with Crippen molar-refractivity contribution in [3.63, 3.8) is 0 Å². The molecule has 2 aromatic carbocycles. The molecule has 0 aliphatic rings. The summed E-state index contributed by atoms with van der Waals surface area (Å²) in [7, 11) is 0. The minimum Gasteiger partial charge on any atom is -0.480 e. The molecule has 3 aromatic rings. The second-order valence-electron chi connectivity index (χ2n) is 9.84. The fraction of sp³-hybridized carbons (Fsp3) is 0.379. The lowest BCUT2D eigenvalue weighted by atomic mass is 10.0. The number of benzene rings is 2. The van der Waals surface area contributed by atoms with Gasteiger partial charge in [0.15, 0.2) is 6.10 Å². The van der Waals surface area contributed by atoms with Gasteiger partial charge in [-0.3, -0.25) is 19.8 Å². The first kappa shape index (κ1) is 35.2. The van der Waals surface area contributed by atoms with Gasteiger partial charge in [-0.15, -0.1) is 0 Å². The monoisotopic (exact) mass is 619 g/mol. The number of carboxylic acids is 1. The van der Waals surface area contributed by atoms with Crippen molar-refractivity contribution in [2.75, 3.05) is 13.1 Å². The summed E-state index contributed by atoms with van der Waals surface area (Å²) >= 11 is 6.06. The summed E-state index contributed by atoms with van der Waals surface area (Å²) in [5.41, 5.74) is 15.1. The van der Waals surface area contributed by atoms with Gasteiger partial charge in [-0.25, -0.2) is 9.80 Å². The third-order valence-corrected chi connectivity index (χ3v) is 6.03. The zero-order valence-corrected chi connectivity index (χ0v) is 24.8. The zero-order valence-electron chi connectivity index (χ0n) is 24.0. The molecule has 13 nitrogen and oxygen atoms in total. The minimum atomic E-state index is -1.50. The van der Waals surface area contributed by atoms with Crippen molar-refractivity contribution in [2.24, 2.45) is 11.5 Å². The van der Waals surface area contributed by atoms with Gasteiger partial charge in [0, 0.05) is 11.6 Å². The maximum atomic E-state index is 12.4. The molecule has 0 aliphatic heterocycles. The van der Waals surface area contributed by atoms with Crippen LogP contribution in [-0.4, -0.2) is 69.6 Å². The van der Waals surface area contributed by atoms with Gasteiger partial charge in [-0.2, -0.15) is 5.16 Å². The van der Waals surface area contributed by atoms with Gasteiger partial charge in [0.1, 0.15) is 6.04 Å². The van der Waals surface area contributed by atoms with Crippen LogP contribution in [0.15, 0.2) is 63.9 Å². The van der Waals surface area contributed by atoms with Gasteiger partial charge in [-0.1, -0.05) is 54.4 Å². The van der Waals surface area contributed by atoms with E-state index in [1.54, 1.807) is 19.9 Å². The molecule has 0 fully saturated rings. The molecule has 0 aliphatic carbocycles. The molecule has 1 heterocycles. The molecule has 0 saturated carbocycles. The van der Waals surface area contributed by atoms with E-state index in [2.05, 4.69) is 5.43 Å². The van der Waals surface area contributed by atoms with Crippen molar-refractivity contribution in [2.45, 2.75) is 57.9 Å². The van der Waals surface area contributed by atoms with Gasteiger partial charge in [-0.05, 0) is 62.1 Å². The molecule has 43 heavy (non-hydrogen) atoms. The number of aliphatic hydroxyl groups is 1. The van der Waals surface area contributed by atoms with Crippen molar-refractivity contribution in [3.8, 4) is 11.1 Å². The Kier molecular flexibility index (Phi) is 14.6. The third-order valence-electron chi connectivity index (χ3n) is 5.80. The van der Waals surface area contributed by atoms with Crippen LogP contribution in [-0.2, 0) is 20.9 Å². The Labute approximate surface area is 253 Å². The SMILES string of the molecule is CC(C)OC(=O)[C@H](O)CN(Cc1ccc(-c2cccc(Cl)c2)cc1)NC(=O)c1cc(=O)[nH]o1.NCCCC[C@H](N)C(=O)O. The molecule has 0 bridgehead atoms. The summed E-state index contributed by atoms with van der Waals surface area (Å²) in [5.74, 6) is -2.69. The number of nitrogens with one attached hydrogen (secondary N) is 2. The quantitative estimate of drug-likeness (QED) is 0.0874.